The number of hydrogen-bond donors (Lipinski definition) is 0. The zero-order chi connectivity index (χ0) is 13.7. The van der Waals surface area contributed by atoms with Crippen LogP contribution in [0.2, 0.25) is 0 Å². The second-order valence-corrected chi connectivity index (χ2v) is 5.45. The Kier molecular flexibility index (Phi) is 5.28. The highest BCUT2D eigenvalue weighted by molar-refractivity contribution is 9.10. The van der Waals surface area contributed by atoms with Gasteiger partial charge in [-0.3, -0.25) is 0 Å². The van der Waals surface area contributed by atoms with Crippen molar-refractivity contribution in [1.29, 1.82) is 0 Å². The average molecular weight is 386 g/mol. The molecule has 0 atom stereocenters. The molecule has 0 heterocycles. The minimum absolute atomic E-state index is 0.538. The van der Waals surface area contributed by atoms with Gasteiger partial charge in [0.25, 0.3) is 0 Å². The molecule has 100 valence electrons. The van der Waals surface area contributed by atoms with Crippen LogP contribution in [-0.2, 0) is 11.9 Å². The van der Waals surface area contributed by atoms with Crippen molar-refractivity contribution in [2.75, 3.05) is 7.11 Å². The lowest BCUT2D eigenvalue weighted by atomic mass is 10.2. The molecule has 0 radical (unpaired) electrons. The Morgan fingerprint density at radius 3 is 2.26 bits per heavy atom. The smallest absolute Gasteiger partial charge is 0.134 e. The maximum absolute atomic E-state index is 5.79. The first-order valence-corrected chi connectivity index (χ1v) is 7.74. The number of ether oxygens (including phenoxy) is 2. The van der Waals surface area contributed by atoms with E-state index in [1.165, 1.54) is 5.56 Å². The molecule has 0 amide bonds. The third kappa shape index (κ3) is 3.98. The van der Waals surface area contributed by atoms with Gasteiger partial charge in [-0.1, -0.05) is 34.1 Å². The maximum atomic E-state index is 5.79. The highest BCUT2D eigenvalue weighted by Gasteiger charge is 2.03. The maximum Gasteiger partial charge on any atom is 0.134 e. The first-order valence-electron chi connectivity index (χ1n) is 5.83. The summed E-state index contributed by atoms with van der Waals surface area (Å²) in [6.45, 7) is 0.538. The quantitative estimate of drug-likeness (QED) is 0.679. The third-order valence-electron chi connectivity index (χ3n) is 2.70. The summed E-state index contributed by atoms with van der Waals surface area (Å²) in [6, 6.07) is 13.9. The summed E-state index contributed by atoms with van der Waals surface area (Å²) in [5.74, 6) is 1.70. The largest absolute Gasteiger partial charge is 0.497 e. The molecule has 0 saturated heterocycles. The van der Waals surface area contributed by atoms with Gasteiger partial charge in [0.15, 0.2) is 0 Å². The van der Waals surface area contributed by atoms with E-state index in [1.807, 2.05) is 36.4 Å². The lowest BCUT2D eigenvalue weighted by molar-refractivity contribution is 0.304. The Labute approximate surface area is 130 Å². The third-order valence-corrected chi connectivity index (χ3v) is 3.97. The monoisotopic (exact) mass is 384 g/mol. The summed E-state index contributed by atoms with van der Waals surface area (Å²) >= 11 is 6.95. The lowest BCUT2D eigenvalue weighted by Gasteiger charge is -2.09. The number of benzene rings is 2. The van der Waals surface area contributed by atoms with Crippen molar-refractivity contribution in [3.63, 3.8) is 0 Å². The molecule has 0 unspecified atom stereocenters. The van der Waals surface area contributed by atoms with Gasteiger partial charge < -0.3 is 9.47 Å². The Bertz CT molecular complexity index is 538. The number of methoxy groups -OCH3 is 1. The minimum atomic E-state index is 0.538. The van der Waals surface area contributed by atoms with E-state index in [4.69, 9.17) is 9.47 Å². The molecular formula is C15H14Br2O2. The van der Waals surface area contributed by atoms with Crippen LogP contribution in [0.1, 0.15) is 11.1 Å². The van der Waals surface area contributed by atoms with E-state index in [0.717, 1.165) is 26.9 Å². The average Bonchev–Trinajstić information content (AvgIpc) is 2.46. The molecule has 0 bridgehead atoms. The second kappa shape index (κ2) is 6.96. The van der Waals surface area contributed by atoms with Crippen molar-refractivity contribution in [2.24, 2.45) is 0 Å². The van der Waals surface area contributed by atoms with Gasteiger partial charge in [-0.25, -0.2) is 0 Å². The highest BCUT2D eigenvalue weighted by atomic mass is 79.9. The van der Waals surface area contributed by atoms with Crippen molar-refractivity contribution in [3.05, 3.63) is 58.1 Å². The molecule has 0 aliphatic rings. The molecule has 0 aliphatic heterocycles. The van der Waals surface area contributed by atoms with E-state index < -0.39 is 0 Å². The van der Waals surface area contributed by atoms with Gasteiger partial charge in [0.1, 0.15) is 18.1 Å². The molecule has 2 rings (SSSR count). The molecule has 0 aromatic heterocycles. The van der Waals surface area contributed by atoms with E-state index >= 15 is 0 Å². The van der Waals surface area contributed by atoms with Crippen LogP contribution >= 0.6 is 31.9 Å². The number of alkyl halides is 1. The van der Waals surface area contributed by atoms with Crippen LogP contribution in [0.4, 0.5) is 0 Å². The van der Waals surface area contributed by atoms with Crippen LogP contribution in [0.15, 0.2) is 46.9 Å². The van der Waals surface area contributed by atoms with Gasteiger partial charge in [0.2, 0.25) is 0 Å². The van der Waals surface area contributed by atoms with E-state index in [-0.39, 0.29) is 0 Å². The first kappa shape index (κ1) is 14.4. The molecule has 0 spiro atoms. The van der Waals surface area contributed by atoms with E-state index in [2.05, 4.69) is 37.9 Å². The molecule has 0 fully saturated rings. The van der Waals surface area contributed by atoms with Crippen LogP contribution < -0.4 is 9.47 Å². The summed E-state index contributed by atoms with van der Waals surface area (Å²) in [6.07, 6.45) is 0. The predicted octanol–water partition coefficient (Wildman–Crippen LogP) is 4.93. The first-order chi connectivity index (χ1) is 9.22. The van der Waals surface area contributed by atoms with Crippen LogP contribution in [0.5, 0.6) is 11.5 Å². The van der Waals surface area contributed by atoms with Crippen LogP contribution in [0.3, 0.4) is 0 Å². The lowest BCUT2D eigenvalue weighted by Crippen LogP contribution is -1.96. The second-order valence-electron chi connectivity index (χ2n) is 4.04. The molecule has 2 nitrogen and oxygen atoms in total. The van der Waals surface area contributed by atoms with Crippen molar-refractivity contribution in [1.82, 2.24) is 0 Å². The fourth-order valence-electron chi connectivity index (χ4n) is 1.63. The molecule has 2 aromatic rings. The summed E-state index contributed by atoms with van der Waals surface area (Å²) in [5, 5.41) is 0.838. The Hall–Kier alpha value is -1.000. The summed E-state index contributed by atoms with van der Waals surface area (Å²) in [7, 11) is 1.66. The summed E-state index contributed by atoms with van der Waals surface area (Å²) in [4.78, 5) is 0. The molecule has 4 heteroatoms. The van der Waals surface area contributed by atoms with Crippen molar-refractivity contribution < 1.29 is 9.47 Å². The van der Waals surface area contributed by atoms with Gasteiger partial charge in [-0.15, -0.1) is 0 Å². The van der Waals surface area contributed by atoms with Gasteiger partial charge in [-0.05, 0) is 51.3 Å². The van der Waals surface area contributed by atoms with Crippen molar-refractivity contribution >= 4 is 31.9 Å². The predicted molar refractivity (Wildman–Crippen MR) is 84.1 cm³/mol. The van der Waals surface area contributed by atoms with Crippen LogP contribution in [0, 0.1) is 0 Å². The van der Waals surface area contributed by atoms with Gasteiger partial charge in [0.05, 0.1) is 11.6 Å². The molecule has 0 aliphatic carbocycles. The summed E-state index contributed by atoms with van der Waals surface area (Å²) in [5.41, 5.74) is 2.32. The SMILES string of the molecule is COc1ccc(COc2ccc(CBr)cc2Br)cc1. The van der Waals surface area contributed by atoms with Gasteiger partial charge in [-0.2, -0.15) is 0 Å². The Balaban J connectivity index is 2.01. The normalized spacial score (nSPS) is 10.3. The topological polar surface area (TPSA) is 18.5 Å². The fourth-order valence-corrected chi connectivity index (χ4v) is 2.52. The molecular weight excluding hydrogens is 372 g/mol. The number of hydrogen-bond acceptors (Lipinski definition) is 2. The van der Waals surface area contributed by atoms with Crippen molar-refractivity contribution in [3.8, 4) is 11.5 Å². The van der Waals surface area contributed by atoms with Gasteiger partial charge in [0, 0.05) is 5.33 Å². The van der Waals surface area contributed by atoms with E-state index in [1.54, 1.807) is 7.11 Å². The molecule has 0 N–H and O–H groups in total. The number of halogens is 2. The zero-order valence-corrected chi connectivity index (χ0v) is 13.7. The van der Waals surface area contributed by atoms with Crippen LogP contribution in [-0.4, -0.2) is 7.11 Å². The Morgan fingerprint density at radius 2 is 1.68 bits per heavy atom. The van der Waals surface area contributed by atoms with Gasteiger partial charge >= 0.3 is 0 Å². The molecule has 0 saturated carbocycles. The fraction of sp³-hybridized carbons (Fsp3) is 0.200. The van der Waals surface area contributed by atoms with Crippen molar-refractivity contribution in [2.45, 2.75) is 11.9 Å². The molecule has 19 heavy (non-hydrogen) atoms. The summed E-state index contributed by atoms with van der Waals surface area (Å²) < 4.78 is 11.9. The molecule has 2 aromatic carbocycles. The minimum Gasteiger partial charge on any atom is -0.497 e. The van der Waals surface area contributed by atoms with E-state index in [0.29, 0.717) is 6.61 Å². The Morgan fingerprint density at radius 1 is 1.00 bits per heavy atom. The highest BCUT2D eigenvalue weighted by Crippen LogP contribution is 2.27. The number of rotatable bonds is 5. The van der Waals surface area contributed by atoms with E-state index in [9.17, 15) is 0 Å². The zero-order valence-electron chi connectivity index (χ0n) is 10.5. The standard InChI is InChI=1S/C15H14Br2O2/c1-18-13-5-2-11(3-6-13)10-19-15-7-4-12(9-16)8-14(15)17/h2-8H,9-10H2,1H3. The van der Waals surface area contributed by atoms with Crippen LogP contribution in [0.25, 0.3) is 0 Å².